The summed E-state index contributed by atoms with van der Waals surface area (Å²) in [5, 5.41) is 0. The van der Waals surface area contributed by atoms with Crippen LogP contribution >= 0.6 is 0 Å². The van der Waals surface area contributed by atoms with Gasteiger partial charge in [0.05, 0.1) is 0 Å². The third-order valence-electron chi connectivity index (χ3n) is 1.60. The SMILES string of the molecule is F[Te](F)(F)(F)(F)O[Te](O[Te](F)(F)(F)(F)F)(O[Te](F)(F)(F)(F)F)(O[Te](F)(F)(F)(F)F)(O[Te](F)(F)(F)(F)F)O[Te](F)(F)(F)(F)F. The van der Waals surface area contributed by atoms with Crippen LogP contribution in [0.15, 0.2) is 0 Å². The fourth-order valence-electron chi connectivity index (χ4n) is 1.74. The maximum absolute atomic E-state index is 18.8. The van der Waals surface area contributed by atoms with Gasteiger partial charge in [0.15, 0.2) is 0 Å². The zero-order valence-corrected chi connectivity index (χ0v) is 33.0. The normalized spacial score (nSPS) is 27.2. The first-order valence-corrected chi connectivity index (χ1v) is 44.5. The summed E-state index contributed by atoms with van der Waals surface area (Å²) in [4.78, 5) is 0. The van der Waals surface area contributed by atoms with Crippen molar-refractivity contribution < 1.29 is 95.6 Å². The summed E-state index contributed by atoms with van der Waals surface area (Å²) < 4.78 is 380. The molecule has 43 heteroatoms. The molecule has 0 aromatic rings. The van der Waals surface area contributed by atoms with Crippen molar-refractivity contribution in [3.63, 3.8) is 0 Å². The third-order valence-corrected chi connectivity index (χ3v) is 72.2. The van der Waals surface area contributed by atoms with Crippen LogP contribution < -0.4 is 0 Å². The van der Waals surface area contributed by atoms with Crippen molar-refractivity contribution >= 4 is 130 Å². The molecule has 0 saturated carbocycles. The average molecular weight is 1560 g/mol. The van der Waals surface area contributed by atoms with Gasteiger partial charge in [0.1, 0.15) is 0 Å². The Balaban J connectivity index is 10.5. The van der Waals surface area contributed by atoms with E-state index in [9.17, 15) is 86.8 Å². The number of rotatable bonds is 12. The van der Waals surface area contributed by atoms with E-state index in [1.165, 1.54) is 0 Å². The van der Waals surface area contributed by atoms with Gasteiger partial charge in [-0.05, 0) is 0 Å². The molecule has 6 nitrogen and oxygen atoms in total. The van der Waals surface area contributed by atoms with Crippen LogP contribution in [-0.2, 0) is 8.79 Å². The molecule has 0 spiro atoms. The van der Waals surface area contributed by atoms with Gasteiger partial charge in [0.25, 0.3) is 0 Å². The molecule has 0 heterocycles. The Bertz CT molecular complexity index is 984. The van der Waals surface area contributed by atoms with Crippen molar-refractivity contribution in [3.05, 3.63) is 0 Å². The topological polar surface area (TPSA) is 55.4 Å². The van der Waals surface area contributed by atoms with Gasteiger partial charge in [-0.3, -0.25) is 0 Å². The third kappa shape index (κ3) is 21.1. The molecule has 0 aliphatic rings. The predicted octanol–water partition coefficient (Wildman–Crippen LogP) is 9.53. The quantitative estimate of drug-likeness (QED) is 0.144. The second kappa shape index (κ2) is 6.77. The van der Waals surface area contributed by atoms with E-state index in [0.717, 1.165) is 0 Å². The molecule has 0 bridgehead atoms. The van der Waals surface area contributed by atoms with Crippen LogP contribution in [0, 0.1) is 0 Å². The first-order chi connectivity index (χ1) is 15.7. The number of hydrogen-bond donors (Lipinski definition) is 0. The minimum absolute atomic E-state index is 0.922. The molecular formula is F30O6Te7. The molecule has 0 fully saturated rings. The molecule has 0 N–H and O–H groups in total. The molecule has 0 saturated heterocycles. The summed E-state index contributed by atoms with van der Waals surface area (Å²) in [5.41, 5.74) is 0. The second-order valence-corrected chi connectivity index (χ2v) is 61.4. The molecule has 0 aromatic heterocycles. The Kier molecular flexibility index (Phi) is 7.27. The Morgan fingerprint density at radius 1 is 0.163 bits per heavy atom. The Morgan fingerprint density at radius 3 is 0.279 bits per heavy atom. The monoisotopic (exact) mass is 1580 g/mol. The van der Waals surface area contributed by atoms with Crippen molar-refractivity contribution in [1.82, 2.24) is 0 Å². The summed E-state index contributed by atoms with van der Waals surface area (Å²) in [6.07, 6.45) is 0. The first kappa shape index (κ1) is 46.2. The second-order valence-electron chi connectivity index (χ2n) is 6.82. The van der Waals surface area contributed by atoms with Gasteiger partial charge < -0.3 is 0 Å². The molecule has 0 aromatic carbocycles. The summed E-state index contributed by atoms with van der Waals surface area (Å²) in [7, 11) is 0. The van der Waals surface area contributed by atoms with Gasteiger partial charge in [-0.2, -0.15) is 0 Å². The molecule has 43 heavy (non-hydrogen) atoms. The zero-order valence-electron chi connectivity index (χ0n) is 16.6. The Hall–Kier alpha value is 3.19. The molecule has 0 aliphatic heterocycles. The fraction of sp³-hybridized carbons (Fsp3) is 0. The van der Waals surface area contributed by atoms with E-state index in [1.54, 1.807) is 0 Å². The molecule has 0 unspecified atom stereocenters. The summed E-state index contributed by atoms with van der Waals surface area (Å²) in [5.74, 6) is 0. The summed E-state index contributed by atoms with van der Waals surface area (Å²) >= 11 is -117. The van der Waals surface area contributed by atoms with Gasteiger partial charge in [0.2, 0.25) is 0 Å². The van der Waals surface area contributed by atoms with Gasteiger partial charge in [-0.1, -0.05) is 0 Å². The van der Waals surface area contributed by atoms with Crippen LogP contribution in [0.25, 0.3) is 0 Å². The Morgan fingerprint density at radius 2 is 0.233 bits per heavy atom. The summed E-state index contributed by atoms with van der Waals surface area (Å²) in [6.45, 7) is 0. The predicted molar refractivity (Wildman–Crippen MR) is 80.0 cm³/mol. The van der Waals surface area contributed by atoms with Crippen LogP contribution in [0.5, 0.6) is 0 Å². The molecule has 0 atom stereocenters. The van der Waals surface area contributed by atoms with E-state index in [2.05, 4.69) is 0 Å². The fourth-order valence-corrected chi connectivity index (χ4v) is 122. The number of halogens is 30. The van der Waals surface area contributed by atoms with E-state index in [-0.39, 0.29) is 0 Å². The molecule has 288 valence electrons. The molecule has 0 rings (SSSR count). The summed E-state index contributed by atoms with van der Waals surface area (Å²) in [6, 6.07) is 0. The average Bonchev–Trinajstić information content (AvgIpc) is 1.85. The van der Waals surface area contributed by atoms with Crippen molar-refractivity contribution in [2.45, 2.75) is 0 Å². The molecule has 0 aliphatic carbocycles. The maximum atomic E-state index is 12.9. The Labute approximate surface area is 222 Å². The van der Waals surface area contributed by atoms with Crippen LogP contribution in [-0.4, -0.2) is 130 Å². The van der Waals surface area contributed by atoms with Crippen molar-refractivity contribution in [3.8, 4) is 0 Å². The minimum atomic E-state index is -18.8. The molecule has 0 radical (unpaired) electrons. The van der Waals surface area contributed by atoms with Gasteiger partial charge >= 0.3 is 226 Å². The van der Waals surface area contributed by atoms with Crippen LogP contribution in [0.3, 0.4) is 0 Å². The zero-order chi connectivity index (χ0) is 37.1. The first-order valence-electron chi connectivity index (χ1n) is 6.63. The van der Waals surface area contributed by atoms with E-state index in [1.807, 2.05) is 0 Å². The van der Waals surface area contributed by atoms with Gasteiger partial charge in [0, 0.05) is 0 Å². The standard InChI is InChI=1S/F30O6Te7/c1-37(2,3,4,5)31-43(32-38(6,7,8,9)10,33-39(11,12,13,14)15,34-40(16,17,18,19)20,35-41(21,22,23,24)25)36-42(26,27,28,29)30. The van der Waals surface area contributed by atoms with E-state index in [0.29, 0.717) is 0 Å². The molecular weight excluding hydrogens is 1560 g/mol. The van der Waals surface area contributed by atoms with Crippen LogP contribution in [0.1, 0.15) is 0 Å². The van der Waals surface area contributed by atoms with Crippen LogP contribution in [0.4, 0.5) is 86.8 Å². The molecule has 0 amide bonds. The number of hydrogen-bond acceptors (Lipinski definition) is 6. The van der Waals surface area contributed by atoms with Gasteiger partial charge in [-0.15, -0.1) is 0 Å². The van der Waals surface area contributed by atoms with E-state index >= 15 is 0 Å². The van der Waals surface area contributed by atoms with Crippen molar-refractivity contribution in [1.29, 1.82) is 0 Å². The van der Waals surface area contributed by atoms with E-state index in [4.69, 9.17) is 0 Å². The van der Waals surface area contributed by atoms with E-state index < -0.39 is 139 Å². The van der Waals surface area contributed by atoms with Crippen molar-refractivity contribution in [2.75, 3.05) is 0 Å². The van der Waals surface area contributed by atoms with Gasteiger partial charge in [-0.25, -0.2) is 0 Å². The van der Waals surface area contributed by atoms with Crippen molar-refractivity contribution in [2.24, 2.45) is 0 Å². The van der Waals surface area contributed by atoms with Crippen LogP contribution in [0.2, 0.25) is 0 Å².